The van der Waals surface area contributed by atoms with Crippen LogP contribution in [0.25, 0.3) is 0 Å². The third-order valence-corrected chi connectivity index (χ3v) is 8.16. The van der Waals surface area contributed by atoms with E-state index in [0.29, 0.717) is 36.3 Å². The van der Waals surface area contributed by atoms with Gasteiger partial charge < -0.3 is 14.8 Å². The summed E-state index contributed by atoms with van der Waals surface area (Å²) < 4.78 is 39.3. The number of nitrogens with one attached hydrogen (secondary N) is 1. The van der Waals surface area contributed by atoms with E-state index in [9.17, 15) is 13.2 Å². The lowest BCUT2D eigenvalue weighted by molar-refractivity contribution is -0.120. The maximum absolute atomic E-state index is 13.5. The van der Waals surface area contributed by atoms with E-state index >= 15 is 0 Å². The summed E-state index contributed by atoms with van der Waals surface area (Å²) in [4.78, 5) is 17.1. The molecule has 2 aliphatic heterocycles. The number of hydrogen-bond acceptors (Lipinski definition) is 7. The van der Waals surface area contributed by atoms with E-state index in [1.165, 1.54) is 27.8 Å². The number of carbonyl (C=O) groups is 1. The first-order valence-corrected chi connectivity index (χ1v) is 11.5. The largest absolute Gasteiger partial charge is 0.486 e. The molecule has 1 aliphatic carbocycles. The van der Waals surface area contributed by atoms with Crippen LogP contribution >= 0.6 is 11.3 Å². The van der Waals surface area contributed by atoms with Crippen LogP contribution in [0, 0.1) is 5.92 Å². The molecule has 1 aromatic heterocycles. The molecule has 1 aromatic carbocycles. The number of aromatic nitrogens is 1. The van der Waals surface area contributed by atoms with Crippen molar-refractivity contribution in [2.45, 2.75) is 36.2 Å². The topological polar surface area (TPSA) is 97.8 Å². The number of anilines is 1. The summed E-state index contributed by atoms with van der Waals surface area (Å²) in [5, 5.41) is 5.01. The minimum atomic E-state index is -3.86. The fourth-order valence-electron chi connectivity index (χ4n) is 4.39. The number of thiazole rings is 1. The third kappa shape index (κ3) is 2.87. The number of rotatable bonds is 4. The van der Waals surface area contributed by atoms with Gasteiger partial charge in [-0.15, -0.1) is 11.3 Å². The van der Waals surface area contributed by atoms with Crippen LogP contribution in [-0.2, 0) is 14.8 Å². The Kier molecular flexibility index (Phi) is 4.29. The predicted octanol–water partition coefficient (Wildman–Crippen LogP) is 2.09. The summed E-state index contributed by atoms with van der Waals surface area (Å²) in [7, 11) is -3.86. The van der Waals surface area contributed by atoms with Crippen molar-refractivity contribution < 1.29 is 22.7 Å². The molecule has 1 saturated heterocycles. The summed E-state index contributed by atoms with van der Waals surface area (Å²) in [6.45, 7) is 0.817. The summed E-state index contributed by atoms with van der Waals surface area (Å²) in [6.07, 6.45) is 3.94. The van der Waals surface area contributed by atoms with Crippen molar-refractivity contribution in [3.63, 3.8) is 0 Å². The highest BCUT2D eigenvalue weighted by Gasteiger charge is 2.54. The normalized spacial score (nSPS) is 26.4. The Morgan fingerprint density at radius 3 is 2.82 bits per heavy atom. The Morgan fingerprint density at radius 1 is 1.21 bits per heavy atom. The van der Waals surface area contributed by atoms with Gasteiger partial charge in [0.2, 0.25) is 15.9 Å². The van der Waals surface area contributed by atoms with Gasteiger partial charge in [-0.3, -0.25) is 4.79 Å². The number of nitrogens with zero attached hydrogens (tertiary/aromatic N) is 2. The van der Waals surface area contributed by atoms with Crippen LogP contribution in [0.15, 0.2) is 34.7 Å². The molecule has 1 amide bonds. The number of hydrogen-bond donors (Lipinski definition) is 1. The Hall–Kier alpha value is -2.17. The Bertz CT molecular complexity index is 1010. The molecule has 2 aromatic rings. The van der Waals surface area contributed by atoms with E-state index in [-0.39, 0.29) is 22.8 Å². The van der Waals surface area contributed by atoms with E-state index in [4.69, 9.17) is 9.47 Å². The summed E-state index contributed by atoms with van der Waals surface area (Å²) in [5.41, 5.74) is 0. The van der Waals surface area contributed by atoms with Gasteiger partial charge in [0.15, 0.2) is 16.6 Å². The molecule has 148 valence electrons. The molecule has 8 nitrogen and oxygen atoms in total. The SMILES string of the molecule is O=C(Nc1nccs1)[C@H]1[C@H]2CC[C@@H](C2)N1S(=O)(=O)c1ccc2c(c1)OCCO2. The molecular formula is C18H19N3O5S2. The summed E-state index contributed by atoms with van der Waals surface area (Å²) >= 11 is 1.31. The second-order valence-corrected chi connectivity index (χ2v) is 9.88. The van der Waals surface area contributed by atoms with Crippen LogP contribution < -0.4 is 14.8 Å². The summed E-state index contributed by atoms with van der Waals surface area (Å²) in [5.74, 6) is 0.659. The van der Waals surface area contributed by atoms with Crippen LogP contribution in [0.5, 0.6) is 11.5 Å². The van der Waals surface area contributed by atoms with E-state index in [1.54, 1.807) is 17.6 Å². The van der Waals surface area contributed by atoms with Gasteiger partial charge >= 0.3 is 0 Å². The molecule has 28 heavy (non-hydrogen) atoms. The Balaban J connectivity index is 1.48. The molecule has 1 saturated carbocycles. The molecule has 3 heterocycles. The second kappa shape index (κ2) is 6.71. The van der Waals surface area contributed by atoms with Crippen LogP contribution in [-0.4, -0.2) is 48.9 Å². The van der Waals surface area contributed by atoms with Gasteiger partial charge in [-0.05, 0) is 37.3 Å². The van der Waals surface area contributed by atoms with Crippen molar-refractivity contribution >= 4 is 32.4 Å². The van der Waals surface area contributed by atoms with Crippen LogP contribution in [0.1, 0.15) is 19.3 Å². The van der Waals surface area contributed by atoms with Crippen molar-refractivity contribution in [1.29, 1.82) is 0 Å². The molecule has 0 spiro atoms. The van der Waals surface area contributed by atoms with Crippen molar-refractivity contribution in [3.05, 3.63) is 29.8 Å². The van der Waals surface area contributed by atoms with Crippen molar-refractivity contribution in [2.75, 3.05) is 18.5 Å². The van der Waals surface area contributed by atoms with Gasteiger partial charge in [0.05, 0.1) is 4.90 Å². The van der Waals surface area contributed by atoms with Gasteiger partial charge in [0.1, 0.15) is 19.3 Å². The molecule has 3 aliphatic rings. The highest BCUT2D eigenvalue weighted by Crippen LogP contribution is 2.46. The summed E-state index contributed by atoms with van der Waals surface area (Å²) in [6, 6.07) is 3.74. The molecule has 5 rings (SSSR count). The number of piperidine rings is 1. The quantitative estimate of drug-likeness (QED) is 0.812. The molecule has 3 atom stereocenters. The van der Waals surface area contributed by atoms with Gasteiger partial charge in [-0.25, -0.2) is 13.4 Å². The fourth-order valence-corrected chi connectivity index (χ4v) is 6.81. The number of carbonyl (C=O) groups excluding carboxylic acids is 1. The molecule has 2 fully saturated rings. The lowest BCUT2D eigenvalue weighted by Crippen LogP contribution is -2.50. The fraction of sp³-hybridized carbons (Fsp3) is 0.444. The smallest absolute Gasteiger partial charge is 0.244 e. The van der Waals surface area contributed by atoms with Gasteiger partial charge in [-0.1, -0.05) is 0 Å². The Morgan fingerprint density at radius 2 is 2.04 bits per heavy atom. The lowest BCUT2D eigenvalue weighted by atomic mass is 9.99. The maximum Gasteiger partial charge on any atom is 0.244 e. The first-order chi connectivity index (χ1) is 13.5. The molecule has 2 bridgehead atoms. The molecular weight excluding hydrogens is 402 g/mol. The second-order valence-electron chi connectivity index (χ2n) is 7.14. The van der Waals surface area contributed by atoms with Crippen molar-refractivity contribution in [1.82, 2.24) is 9.29 Å². The zero-order valence-corrected chi connectivity index (χ0v) is 16.5. The number of benzene rings is 1. The maximum atomic E-state index is 13.5. The Labute approximate surface area is 166 Å². The monoisotopic (exact) mass is 421 g/mol. The van der Waals surface area contributed by atoms with Crippen molar-refractivity contribution in [2.24, 2.45) is 5.92 Å². The zero-order valence-electron chi connectivity index (χ0n) is 14.9. The predicted molar refractivity (Wildman–Crippen MR) is 102 cm³/mol. The first kappa shape index (κ1) is 17.9. The highest BCUT2D eigenvalue weighted by molar-refractivity contribution is 7.89. The minimum Gasteiger partial charge on any atom is -0.486 e. The standard InChI is InChI=1S/C18H19N3O5S2/c22-17(20-18-19-5-8-27-18)16-11-1-2-12(9-11)21(16)28(23,24)13-3-4-14-15(10-13)26-7-6-25-14/h3-5,8,10-12,16H,1-2,6-7,9H2,(H,19,20,22)/t11-,12-,16+/m0/s1. The minimum absolute atomic E-state index is 0.0250. The molecule has 0 radical (unpaired) electrons. The number of amides is 1. The van der Waals surface area contributed by atoms with Crippen LogP contribution in [0.3, 0.4) is 0 Å². The molecule has 10 heteroatoms. The van der Waals surface area contributed by atoms with Gasteiger partial charge in [0, 0.05) is 23.7 Å². The first-order valence-electron chi connectivity index (χ1n) is 9.17. The zero-order chi connectivity index (χ0) is 19.3. The van der Waals surface area contributed by atoms with Crippen LogP contribution in [0.2, 0.25) is 0 Å². The van der Waals surface area contributed by atoms with E-state index in [1.807, 2.05) is 0 Å². The lowest BCUT2D eigenvalue weighted by Gasteiger charge is -2.33. The van der Waals surface area contributed by atoms with Gasteiger partial charge in [-0.2, -0.15) is 4.31 Å². The average molecular weight is 422 g/mol. The van der Waals surface area contributed by atoms with Crippen molar-refractivity contribution in [3.8, 4) is 11.5 Å². The number of ether oxygens (including phenoxy) is 2. The highest BCUT2D eigenvalue weighted by atomic mass is 32.2. The molecule has 0 unspecified atom stereocenters. The van der Waals surface area contributed by atoms with E-state index < -0.39 is 16.1 Å². The number of fused-ring (bicyclic) bond motifs is 3. The van der Waals surface area contributed by atoms with E-state index in [2.05, 4.69) is 10.3 Å². The third-order valence-electron chi connectivity index (χ3n) is 5.55. The van der Waals surface area contributed by atoms with E-state index in [0.717, 1.165) is 12.8 Å². The van der Waals surface area contributed by atoms with Gasteiger partial charge in [0.25, 0.3) is 0 Å². The average Bonchev–Trinajstić information content (AvgIpc) is 3.44. The number of sulfonamides is 1. The van der Waals surface area contributed by atoms with Crippen LogP contribution in [0.4, 0.5) is 5.13 Å². The molecule has 1 N–H and O–H groups in total.